The molecule has 4 heterocycles. The highest BCUT2D eigenvalue weighted by Gasteiger charge is 2.30. The number of aromatic nitrogens is 3. The first-order valence-electron chi connectivity index (χ1n) is 10.3. The molecule has 1 aromatic carbocycles. The third-order valence-corrected chi connectivity index (χ3v) is 6.16. The van der Waals surface area contributed by atoms with E-state index in [9.17, 15) is 18.0 Å². The summed E-state index contributed by atoms with van der Waals surface area (Å²) >= 11 is 0. The SMILES string of the molecule is CN1CCc2c(c3ccc(-n4ccc(-c5ccc(C(F)(F)F)cn5)cc4=O)cc3n2C)C1. The second-order valence-electron chi connectivity index (χ2n) is 8.23. The van der Waals surface area contributed by atoms with E-state index < -0.39 is 11.7 Å². The number of aryl methyl sites for hydroxylation is 1. The Balaban J connectivity index is 1.52. The average molecular weight is 438 g/mol. The van der Waals surface area contributed by atoms with Crippen molar-refractivity contribution in [1.29, 1.82) is 0 Å². The van der Waals surface area contributed by atoms with E-state index in [4.69, 9.17) is 0 Å². The Bertz CT molecular complexity index is 1380. The van der Waals surface area contributed by atoms with Crippen LogP contribution < -0.4 is 5.56 Å². The molecule has 3 aromatic heterocycles. The third kappa shape index (κ3) is 3.40. The Hall–Kier alpha value is -3.39. The van der Waals surface area contributed by atoms with Gasteiger partial charge in [0.2, 0.25) is 0 Å². The fraction of sp³-hybridized carbons (Fsp3) is 0.250. The number of likely N-dealkylation sites (N-methyl/N-ethyl adjacent to an activating group) is 1. The minimum Gasteiger partial charge on any atom is -0.347 e. The predicted octanol–water partition coefficient (Wildman–Crippen LogP) is 4.40. The zero-order valence-electron chi connectivity index (χ0n) is 17.6. The van der Waals surface area contributed by atoms with Crippen molar-refractivity contribution in [2.75, 3.05) is 13.6 Å². The first-order chi connectivity index (χ1) is 15.2. The zero-order chi connectivity index (χ0) is 22.6. The lowest BCUT2D eigenvalue weighted by atomic mass is 10.0. The second kappa shape index (κ2) is 7.34. The maximum absolute atomic E-state index is 12.8. The fourth-order valence-corrected chi connectivity index (χ4v) is 4.43. The summed E-state index contributed by atoms with van der Waals surface area (Å²) < 4.78 is 42.0. The molecular formula is C24H21F3N4O. The van der Waals surface area contributed by atoms with E-state index in [1.54, 1.807) is 12.3 Å². The molecule has 0 radical (unpaired) electrons. The van der Waals surface area contributed by atoms with Crippen LogP contribution in [0.25, 0.3) is 27.8 Å². The lowest BCUT2D eigenvalue weighted by Gasteiger charge is -2.23. The highest BCUT2D eigenvalue weighted by molar-refractivity contribution is 5.87. The summed E-state index contributed by atoms with van der Waals surface area (Å²) in [6.45, 7) is 1.92. The normalized spacial score (nSPS) is 14.7. The van der Waals surface area contributed by atoms with Crippen molar-refractivity contribution in [1.82, 2.24) is 19.0 Å². The molecule has 0 bridgehead atoms. The Morgan fingerprint density at radius 1 is 1.03 bits per heavy atom. The first kappa shape index (κ1) is 20.5. The van der Waals surface area contributed by atoms with Crippen molar-refractivity contribution < 1.29 is 13.2 Å². The van der Waals surface area contributed by atoms with Gasteiger partial charge in [0.15, 0.2) is 0 Å². The Morgan fingerprint density at radius 2 is 1.84 bits per heavy atom. The van der Waals surface area contributed by atoms with Gasteiger partial charge >= 0.3 is 6.18 Å². The van der Waals surface area contributed by atoms with Crippen molar-refractivity contribution in [3.63, 3.8) is 0 Å². The van der Waals surface area contributed by atoms with Crippen LogP contribution >= 0.6 is 0 Å². The number of fused-ring (bicyclic) bond motifs is 3. The summed E-state index contributed by atoms with van der Waals surface area (Å²) in [5, 5.41) is 1.19. The molecule has 0 saturated carbocycles. The van der Waals surface area contributed by atoms with Gasteiger partial charge in [-0.05, 0) is 42.9 Å². The van der Waals surface area contributed by atoms with E-state index in [0.717, 1.165) is 43.0 Å². The van der Waals surface area contributed by atoms with E-state index in [1.165, 1.54) is 33.3 Å². The quantitative estimate of drug-likeness (QED) is 0.466. The van der Waals surface area contributed by atoms with Gasteiger partial charge in [0, 0.05) is 61.7 Å². The summed E-state index contributed by atoms with van der Waals surface area (Å²) in [6, 6.07) is 11.3. The summed E-state index contributed by atoms with van der Waals surface area (Å²) in [4.78, 5) is 19.0. The van der Waals surface area contributed by atoms with Crippen LogP contribution in [-0.4, -0.2) is 32.6 Å². The number of halogens is 3. The standard InChI is InChI=1S/C24H21F3N4O/c1-29-9-8-21-19(14-29)18-5-4-17(12-22(18)30(21)2)31-10-7-15(11-23(31)32)20-6-3-16(13-28-20)24(25,26)27/h3-7,10-13H,8-9,14H2,1-2H3. The molecule has 0 aliphatic carbocycles. The van der Waals surface area contributed by atoms with Gasteiger partial charge in [-0.15, -0.1) is 0 Å². The van der Waals surface area contributed by atoms with Crippen LogP contribution in [0.15, 0.2) is 59.7 Å². The highest BCUT2D eigenvalue weighted by Crippen LogP contribution is 2.31. The van der Waals surface area contributed by atoms with Crippen LogP contribution in [-0.2, 0) is 26.2 Å². The number of alkyl halides is 3. The molecule has 0 unspecified atom stereocenters. The molecule has 4 aromatic rings. The Labute approximate surface area is 182 Å². The zero-order valence-corrected chi connectivity index (χ0v) is 17.6. The van der Waals surface area contributed by atoms with Crippen LogP contribution in [0.1, 0.15) is 16.8 Å². The van der Waals surface area contributed by atoms with E-state index in [1.807, 2.05) is 12.1 Å². The van der Waals surface area contributed by atoms with Gasteiger partial charge in [-0.2, -0.15) is 13.2 Å². The third-order valence-electron chi connectivity index (χ3n) is 6.16. The summed E-state index contributed by atoms with van der Waals surface area (Å²) in [6.07, 6.45) is -1.04. The number of hydrogen-bond donors (Lipinski definition) is 0. The summed E-state index contributed by atoms with van der Waals surface area (Å²) in [5.74, 6) is 0. The molecule has 1 aliphatic rings. The van der Waals surface area contributed by atoms with Crippen molar-refractivity contribution >= 4 is 10.9 Å². The molecule has 0 N–H and O–H groups in total. The molecule has 1 aliphatic heterocycles. The minimum absolute atomic E-state index is 0.276. The summed E-state index contributed by atoms with van der Waals surface area (Å²) in [5.41, 5.74) is 4.16. The highest BCUT2D eigenvalue weighted by atomic mass is 19.4. The van der Waals surface area contributed by atoms with Crippen molar-refractivity contribution in [3.05, 3.63) is 82.0 Å². The van der Waals surface area contributed by atoms with Gasteiger partial charge in [0.05, 0.1) is 22.5 Å². The molecule has 8 heteroatoms. The maximum Gasteiger partial charge on any atom is 0.417 e. The van der Waals surface area contributed by atoms with Crippen LogP contribution in [0, 0.1) is 0 Å². The van der Waals surface area contributed by atoms with Gasteiger partial charge in [-0.25, -0.2) is 0 Å². The van der Waals surface area contributed by atoms with Gasteiger partial charge in [-0.3, -0.25) is 14.3 Å². The molecule has 164 valence electrons. The largest absolute Gasteiger partial charge is 0.417 e. The lowest BCUT2D eigenvalue weighted by molar-refractivity contribution is -0.137. The topological polar surface area (TPSA) is 43.1 Å². The van der Waals surface area contributed by atoms with E-state index in [-0.39, 0.29) is 5.56 Å². The summed E-state index contributed by atoms with van der Waals surface area (Å²) in [7, 11) is 4.17. The molecule has 0 fully saturated rings. The van der Waals surface area contributed by atoms with Gasteiger partial charge < -0.3 is 9.47 Å². The number of benzene rings is 1. The number of pyridine rings is 2. The van der Waals surface area contributed by atoms with Crippen LogP contribution in [0.2, 0.25) is 0 Å². The molecule has 32 heavy (non-hydrogen) atoms. The molecule has 0 saturated heterocycles. The average Bonchev–Trinajstić information content (AvgIpc) is 3.04. The van der Waals surface area contributed by atoms with E-state index >= 15 is 0 Å². The van der Waals surface area contributed by atoms with Crippen LogP contribution in [0.5, 0.6) is 0 Å². The number of hydrogen-bond acceptors (Lipinski definition) is 3. The first-order valence-corrected chi connectivity index (χ1v) is 10.3. The molecular weight excluding hydrogens is 417 g/mol. The number of nitrogens with zero attached hydrogens (tertiary/aromatic N) is 4. The monoisotopic (exact) mass is 438 g/mol. The Kier molecular flexibility index (Phi) is 4.70. The minimum atomic E-state index is -4.45. The smallest absolute Gasteiger partial charge is 0.347 e. The molecule has 0 atom stereocenters. The lowest BCUT2D eigenvalue weighted by Crippen LogP contribution is -2.26. The Morgan fingerprint density at radius 3 is 2.53 bits per heavy atom. The van der Waals surface area contributed by atoms with Crippen LogP contribution in [0.4, 0.5) is 13.2 Å². The van der Waals surface area contributed by atoms with Crippen molar-refractivity contribution in [3.8, 4) is 16.9 Å². The van der Waals surface area contributed by atoms with Gasteiger partial charge in [0.25, 0.3) is 5.56 Å². The number of rotatable bonds is 2. The molecule has 5 nitrogen and oxygen atoms in total. The van der Waals surface area contributed by atoms with Gasteiger partial charge in [-0.1, -0.05) is 6.07 Å². The second-order valence-corrected chi connectivity index (χ2v) is 8.23. The fourth-order valence-electron chi connectivity index (χ4n) is 4.43. The van der Waals surface area contributed by atoms with E-state index in [0.29, 0.717) is 11.3 Å². The van der Waals surface area contributed by atoms with Crippen molar-refractivity contribution in [2.24, 2.45) is 7.05 Å². The molecule has 0 amide bonds. The molecule has 5 rings (SSSR count). The molecule has 0 spiro atoms. The maximum atomic E-state index is 12.8. The van der Waals surface area contributed by atoms with E-state index in [2.05, 4.69) is 34.6 Å². The predicted molar refractivity (Wildman–Crippen MR) is 117 cm³/mol. The van der Waals surface area contributed by atoms with Crippen molar-refractivity contribution in [2.45, 2.75) is 19.1 Å². The van der Waals surface area contributed by atoms with Gasteiger partial charge in [0.1, 0.15) is 0 Å². The van der Waals surface area contributed by atoms with Crippen LogP contribution in [0.3, 0.4) is 0 Å².